The van der Waals surface area contributed by atoms with Crippen LogP contribution in [0.4, 0.5) is 32.6 Å². The van der Waals surface area contributed by atoms with E-state index in [0.29, 0.717) is 31.5 Å². The molecule has 11 heteroatoms. The third-order valence-corrected chi connectivity index (χ3v) is 6.24. The normalized spacial score (nSPS) is 27.2. The first-order valence-electron chi connectivity index (χ1n) is 9.74. The summed E-state index contributed by atoms with van der Waals surface area (Å²) in [4.78, 5) is 20.0. The molecule has 4 aliphatic rings. The van der Waals surface area contributed by atoms with E-state index in [1.54, 1.807) is 0 Å². The van der Waals surface area contributed by atoms with Crippen LogP contribution in [0.3, 0.4) is 0 Å². The van der Waals surface area contributed by atoms with E-state index in [1.165, 1.54) is 12.3 Å². The first kappa shape index (κ1) is 20.1. The Morgan fingerprint density at radius 3 is 2.65 bits per heavy atom. The maximum atomic E-state index is 13.7. The third kappa shape index (κ3) is 3.31. The Morgan fingerprint density at radius 1 is 1.23 bits per heavy atom. The van der Waals surface area contributed by atoms with Gasteiger partial charge in [-0.25, -0.2) is 18.6 Å². The number of carbonyl (C=O) groups excluding carboxylic acids is 1. The molecule has 0 unspecified atom stereocenters. The Bertz CT molecular complexity index is 1050. The molecule has 31 heavy (non-hydrogen) atoms. The van der Waals surface area contributed by atoms with E-state index in [2.05, 4.69) is 20.6 Å². The van der Waals surface area contributed by atoms with Crippen LogP contribution in [0.25, 0.3) is 11.3 Å². The molecule has 1 saturated carbocycles. The number of carbonyl (C=O) groups is 1. The molecule has 3 aliphatic heterocycles. The molecular formula is C20H17F5N4O2. The quantitative estimate of drug-likeness (QED) is 0.691. The first-order chi connectivity index (χ1) is 14.7. The Balaban J connectivity index is 1.69. The van der Waals surface area contributed by atoms with Crippen LogP contribution < -0.4 is 10.6 Å². The van der Waals surface area contributed by atoms with Crippen molar-refractivity contribution < 1.29 is 31.5 Å². The van der Waals surface area contributed by atoms with E-state index in [4.69, 9.17) is 4.74 Å². The molecule has 6 nitrogen and oxygen atoms in total. The standard InChI is InChI=1S/C20H17F5N4O2/c21-16(22)15-14-11(1-3-27-17(14)29-18(30)31-15)12-5-9(20(23,24)25)6-13(28-12)19-2-4-26-10(7-19)8-19/h1,3,5-6,10,15-16,26H,2,4,7-8H2,(H,27,29,30)/t10?,15-,19?/m1/s1. The maximum absolute atomic E-state index is 13.7. The second kappa shape index (κ2) is 6.84. The minimum absolute atomic E-state index is 0.0175. The van der Waals surface area contributed by atoms with Gasteiger partial charge >= 0.3 is 12.3 Å². The van der Waals surface area contributed by atoms with Crippen LogP contribution in [0, 0.1) is 0 Å². The van der Waals surface area contributed by atoms with Gasteiger partial charge in [0.15, 0.2) is 6.10 Å². The zero-order valence-electron chi connectivity index (χ0n) is 16.0. The number of aromatic nitrogens is 2. The number of alkyl halides is 5. The molecule has 5 heterocycles. The molecule has 3 fully saturated rings. The highest BCUT2D eigenvalue weighted by Crippen LogP contribution is 2.50. The number of cyclic esters (lactones) is 1. The lowest BCUT2D eigenvalue weighted by Crippen LogP contribution is -2.58. The minimum atomic E-state index is -4.64. The van der Waals surface area contributed by atoms with Crippen molar-refractivity contribution in [2.24, 2.45) is 0 Å². The van der Waals surface area contributed by atoms with Crippen molar-refractivity contribution in [3.8, 4) is 11.3 Å². The average molecular weight is 440 g/mol. The fraction of sp³-hybridized carbons (Fsp3) is 0.450. The van der Waals surface area contributed by atoms with Crippen LogP contribution >= 0.6 is 0 Å². The van der Waals surface area contributed by atoms with Gasteiger partial charge in [0.1, 0.15) is 5.82 Å². The van der Waals surface area contributed by atoms with Crippen molar-refractivity contribution in [2.75, 3.05) is 11.9 Å². The zero-order chi connectivity index (χ0) is 22.0. The number of ether oxygens (including phenoxy) is 1. The summed E-state index contributed by atoms with van der Waals surface area (Å²) >= 11 is 0. The largest absolute Gasteiger partial charge is 0.435 e. The SMILES string of the molecule is O=C1Nc2nccc(-c3cc(C(F)(F)F)cc(C45CCNC(C4)C5)n3)c2[C@H](C(F)F)O1. The van der Waals surface area contributed by atoms with Gasteiger partial charge in [-0.05, 0) is 44.0 Å². The smallest absolute Gasteiger partial charge is 0.416 e. The van der Waals surface area contributed by atoms with Gasteiger partial charge in [-0.3, -0.25) is 10.3 Å². The van der Waals surface area contributed by atoms with Crippen LogP contribution in [-0.4, -0.2) is 35.1 Å². The predicted octanol–water partition coefficient (Wildman–Crippen LogP) is 4.42. The summed E-state index contributed by atoms with van der Waals surface area (Å²) in [6.45, 7) is 0.676. The molecule has 1 atom stereocenters. The fourth-order valence-corrected chi connectivity index (χ4v) is 4.75. The van der Waals surface area contributed by atoms with Crippen LogP contribution in [0.15, 0.2) is 24.4 Å². The second-order valence-corrected chi connectivity index (χ2v) is 8.12. The Labute approximate surface area is 173 Å². The summed E-state index contributed by atoms with van der Waals surface area (Å²) in [5, 5.41) is 5.53. The van der Waals surface area contributed by atoms with Gasteiger partial charge in [-0.2, -0.15) is 13.2 Å². The molecule has 2 N–H and O–H groups in total. The molecule has 1 aliphatic carbocycles. The second-order valence-electron chi connectivity index (χ2n) is 8.12. The number of amides is 1. The molecule has 2 aromatic heterocycles. The van der Waals surface area contributed by atoms with Gasteiger partial charge < -0.3 is 10.1 Å². The number of hydrogen-bond acceptors (Lipinski definition) is 5. The van der Waals surface area contributed by atoms with E-state index in [1.807, 2.05) is 0 Å². The molecule has 164 valence electrons. The van der Waals surface area contributed by atoms with E-state index in [-0.39, 0.29) is 28.7 Å². The third-order valence-electron chi connectivity index (χ3n) is 6.24. The highest BCUT2D eigenvalue weighted by Gasteiger charge is 2.50. The lowest BCUT2D eigenvalue weighted by Gasteiger charge is -2.52. The summed E-state index contributed by atoms with van der Waals surface area (Å²) in [5.74, 6) is -0.177. The van der Waals surface area contributed by atoms with Gasteiger partial charge in [0, 0.05) is 28.9 Å². The molecule has 6 rings (SSSR count). The molecule has 0 aromatic carbocycles. The molecule has 0 radical (unpaired) electrons. The molecule has 1 amide bonds. The number of piperidine rings is 2. The Morgan fingerprint density at radius 2 is 2.00 bits per heavy atom. The lowest BCUT2D eigenvalue weighted by atomic mass is 9.59. The topological polar surface area (TPSA) is 76.1 Å². The Kier molecular flexibility index (Phi) is 4.44. The highest BCUT2D eigenvalue weighted by molar-refractivity contribution is 5.89. The maximum Gasteiger partial charge on any atom is 0.416 e. The van der Waals surface area contributed by atoms with E-state index in [0.717, 1.165) is 12.1 Å². The van der Waals surface area contributed by atoms with E-state index >= 15 is 0 Å². The number of anilines is 1. The van der Waals surface area contributed by atoms with Crippen molar-refractivity contribution in [1.29, 1.82) is 0 Å². The Hall–Kier alpha value is -2.82. The molecule has 2 saturated heterocycles. The van der Waals surface area contributed by atoms with Crippen molar-refractivity contribution in [1.82, 2.24) is 15.3 Å². The van der Waals surface area contributed by atoms with E-state index < -0.39 is 35.8 Å². The minimum Gasteiger partial charge on any atom is -0.435 e. The van der Waals surface area contributed by atoms with Crippen molar-refractivity contribution in [3.63, 3.8) is 0 Å². The molecule has 2 aromatic rings. The summed E-state index contributed by atoms with van der Waals surface area (Å²) in [7, 11) is 0. The van der Waals surface area contributed by atoms with Gasteiger partial charge in [-0.1, -0.05) is 0 Å². The van der Waals surface area contributed by atoms with Crippen LogP contribution in [0.5, 0.6) is 0 Å². The molecular weight excluding hydrogens is 423 g/mol. The number of fused-ring (bicyclic) bond motifs is 3. The lowest BCUT2D eigenvalue weighted by molar-refractivity contribution is -0.137. The van der Waals surface area contributed by atoms with Crippen LogP contribution in [0.1, 0.15) is 42.2 Å². The van der Waals surface area contributed by atoms with Gasteiger partial charge in [0.05, 0.1) is 16.8 Å². The highest BCUT2D eigenvalue weighted by atomic mass is 19.4. The number of nitrogens with one attached hydrogen (secondary N) is 2. The number of hydrogen-bond donors (Lipinski definition) is 2. The first-order valence-corrected chi connectivity index (χ1v) is 9.74. The number of nitrogens with zero attached hydrogens (tertiary/aromatic N) is 2. The fourth-order valence-electron chi connectivity index (χ4n) is 4.75. The average Bonchev–Trinajstić information content (AvgIpc) is 2.71. The predicted molar refractivity (Wildman–Crippen MR) is 98.6 cm³/mol. The van der Waals surface area contributed by atoms with Crippen LogP contribution in [-0.2, 0) is 16.3 Å². The van der Waals surface area contributed by atoms with Crippen LogP contribution in [0.2, 0.25) is 0 Å². The van der Waals surface area contributed by atoms with Gasteiger partial charge in [0.2, 0.25) is 0 Å². The number of halogens is 5. The summed E-state index contributed by atoms with van der Waals surface area (Å²) in [6.07, 6.45) is -7.57. The monoisotopic (exact) mass is 440 g/mol. The number of rotatable bonds is 3. The zero-order valence-corrected chi connectivity index (χ0v) is 16.0. The summed E-state index contributed by atoms with van der Waals surface area (Å²) in [6, 6.07) is 3.45. The summed E-state index contributed by atoms with van der Waals surface area (Å²) < 4.78 is 73.1. The van der Waals surface area contributed by atoms with Gasteiger partial charge in [0.25, 0.3) is 6.43 Å². The van der Waals surface area contributed by atoms with Crippen molar-refractivity contribution in [2.45, 2.75) is 49.4 Å². The number of pyridine rings is 2. The van der Waals surface area contributed by atoms with Crippen molar-refractivity contribution >= 4 is 11.9 Å². The summed E-state index contributed by atoms with van der Waals surface area (Å²) in [5.41, 5.74) is -1.34. The van der Waals surface area contributed by atoms with E-state index in [9.17, 15) is 26.7 Å². The molecule has 2 bridgehead atoms. The molecule has 0 spiro atoms. The van der Waals surface area contributed by atoms with Gasteiger partial charge in [-0.15, -0.1) is 0 Å². The van der Waals surface area contributed by atoms with Crippen molar-refractivity contribution in [3.05, 3.63) is 41.2 Å².